The molecule has 1 amide bonds. The lowest BCUT2D eigenvalue weighted by molar-refractivity contribution is 0.0470. The van der Waals surface area contributed by atoms with Gasteiger partial charge in [0.2, 0.25) is 0 Å². The fourth-order valence-electron chi connectivity index (χ4n) is 4.51. The number of nitrogens with zero attached hydrogens (tertiary/aromatic N) is 1. The summed E-state index contributed by atoms with van der Waals surface area (Å²) < 4.78 is 16.6. The molecule has 6 heteroatoms. The molecule has 0 spiro atoms. The van der Waals surface area contributed by atoms with Crippen molar-refractivity contribution in [3.63, 3.8) is 0 Å². The minimum absolute atomic E-state index is 0.0573. The van der Waals surface area contributed by atoms with Crippen molar-refractivity contribution in [3.05, 3.63) is 59.7 Å². The zero-order chi connectivity index (χ0) is 23.3. The molecule has 2 aromatic carbocycles. The summed E-state index contributed by atoms with van der Waals surface area (Å²) in [5, 5.41) is 10.6. The molecule has 174 valence electrons. The van der Waals surface area contributed by atoms with Crippen LogP contribution in [0.5, 0.6) is 11.5 Å². The number of aliphatic hydroxyl groups is 1. The van der Waals surface area contributed by atoms with E-state index in [0.29, 0.717) is 37.1 Å². The predicted octanol–water partition coefficient (Wildman–Crippen LogP) is 4.82. The van der Waals surface area contributed by atoms with Crippen LogP contribution >= 0.6 is 0 Å². The third kappa shape index (κ3) is 5.01. The van der Waals surface area contributed by atoms with Crippen molar-refractivity contribution in [3.8, 4) is 11.5 Å². The van der Waals surface area contributed by atoms with Crippen LogP contribution in [0, 0.1) is 5.41 Å². The molecule has 6 nitrogen and oxygen atoms in total. The van der Waals surface area contributed by atoms with Gasteiger partial charge in [0.25, 0.3) is 0 Å². The van der Waals surface area contributed by atoms with Gasteiger partial charge in [0, 0.05) is 24.4 Å². The number of likely N-dealkylation sites (tertiary alicyclic amines) is 1. The molecule has 32 heavy (non-hydrogen) atoms. The summed E-state index contributed by atoms with van der Waals surface area (Å²) >= 11 is 0. The predicted molar refractivity (Wildman–Crippen MR) is 124 cm³/mol. The maximum absolute atomic E-state index is 12.2. The van der Waals surface area contributed by atoms with Crippen molar-refractivity contribution in [2.24, 2.45) is 5.41 Å². The smallest absolute Gasteiger partial charge is 0.409 e. The van der Waals surface area contributed by atoms with E-state index in [1.54, 1.807) is 18.9 Å². The summed E-state index contributed by atoms with van der Waals surface area (Å²) in [6, 6.07) is 16.3. The first-order valence-corrected chi connectivity index (χ1v) is 11.2. The van der Waals surface area contributed by atoms with Gasteiger partial charge in [-0.15, -0.1) is 0 Å². The Balaban J connectivity index is 1.78. The molecular formula is C26H35NO5. The summed E-state index contributed by atoms with van der Waals surface area (Å²) in [4.78, 5) is 13.8. The van der Waals surface area contributed by atoms with E-state index in [1.165, 1.54) is 12.7 Å². The quantitative estimate of drug-likeness (QED) is 0.636. The normalized spacial score (nSPS) is 22.3. The number of ether oxygens (including phenoxy) is 3. The molecule has 4 atom stereocenters. The summed E-state index contributed by atoms with van der Waals surface area (Å²) in [5.41, 5.74) is 1.80. The summed E-state index contributed by atoms with van der Waals surface area (Å²) in [6.07, 6.45) is -0.0953. The van der Waals surface area contributed by atoms with Gasteiger partial charge in [0.05, 0.1) is 26.9 Å². The highest BCUT2D eigenvalue weighted by Gasteiger charge is 2.48. The van der Waals surface area contributed by atoms with E-state index in [2.05, 4.69) is 31.2 Å². The molecule has 1 saturated heterocycles. The lowest BCUT2D eigenvalue weighted by atomic mass is 9.72. The highest BCUT2D eigenvalue weighted by atomic mass is 16.5. The minimum atomic E-state index is -0.597. The largest absolute Gasteiger partial charge is 0.493 e. The van der Waals surface area contributed by atoms with E-state index in [4.69, 9.17) is 14.2 Å². The molecule has 1 aliphatic heterocycles. The van der Waals surface area contributed by atoms with Crippen molar-refractivity contribution in [2.45, 2.75) is 45.1 Å². The number of hydrogen-bond acceptors (Lipinski definition) is 5. The summed E-state index contributed by atoms with van der Waals surface area (Å²) in [5.74, 6) is 1.67. The third-order valence-corrected chi connectivity index (χ3v) is 6.88. The SMILES string of the molecule is COC(=O)N1CC(c2ccc(OC)c(OCCC(C)c3ccccc3)c2)C(C)(C(C)O)C1. The monoisotopic (exact) mass is 441 g/mol. The van der Waals surface area contributed by atoms with Crippen LogP contribution in [0.15, 0.2) is 48.5 Å². The molecule has 0 aliphatic carbocycles. The third-order valence-electron chi connectivity index (χ3n) is 6.88. The molecule has 4 unspecified atom stereocenters. The average molecular weight is 442 g/mol. The number of benzene rings is 2. The standard InChI is InChI=1S/C26H35NO5/c1-18(20-9-7-6-8-10-20)13-14-32-24-15-21(11-12-23(24)30-4)22-16-27(25(29)31-5)17-26(22,3)19(2)28/h6-12,15,18-19,22,28H,13-14,16-17H2,1-5H3. The summed E-state index contributed by atoms with van der Waals surface area (Å²) in [6.45, 7) is 7.45. The molecule has 0 bridgehead atoms. The molecule has 1 fully saturated rings. The first-order chi connectivity index (χ1) is 15.3. The van der Waals surface area contributed by atoms with E-state index >= 15 is 0 Å². The molecule has 0 aromatic heterocycles. The number of methoxy groups -OCH3 is 2. The molecule has 2 aromatic rings. The van der Waals surface area contributed by atoms with E-state index in [9.17, 15) is 9.90 Å². The molecule has 3 rings (SSSR count). The topological polar surface area (TPSA) is 68.2 Å². The van der Waals surface area contributed by atoms with Gasteiger partial charge in [-0.1, -0.05) is 50.2 Å². The van der Waals surface area contributed by atoms with Crippen LogP contribution in [-0.2, 0) is 4.74 Å². The number of carbonyl (C=O) groups is 1. The van der Waals surface area contributed by atoms with Gasteiger partial charge >= 0.3 is 6.09 Å². The van der Waals surface area contributed by atoms with Gasteiger partial charge < -0.3 is 24.2 Å². The van der Waals surface area contributed by atoms with Crippen LogP contribution in [-0.4, -0.2) is 56.1 Å². The molecule has 1 aliphatic rings. The number of aliphatic hydroxyl groups excluding tert-OH is 1. The number of amides is 1. The second kappa shape index (κ2) is 10.3. The maximum atomic E-state index is 12.2. The second-order valence-corrected chi connectivity index (χ2v) is 8.94. The van der Waals surface area contributed by atoms with Crippen LogP contribution in [0.3, 0.4) is 0 Å². The Kier molecular flexibility index (Phi) is 7.67. The lowest BCUT2D eigenvalue weighted by Gasteiger charge is -2.33. The maximum Gasteiger partial charge on any atom is 0.409 e. The van der Waals surface area contributed by atoms with Crippen LogP contribution < -0.4 is 9.47 Å². The van der Waals surface area contributed by atoms with Gasteiger partial charge in [0.15, 0.2) is 11.5 Å². The summed E-state index contributed by atoms with van der Waals surface area (Å²) in [7, 11) is 3.01. The van der Waals surface area contributed by atoms with Gasteiger partial charge in [-0.3, -0.25) is 0 Å². The highest BCUT2D eigenvalue weighted by molar-refractivity contribution is 5.68. The second-order valence-electron chi connectivity index (χ2n) is 8.94. The van der Waals surface area contributed by atoms with Crippen LogP contribution in [0.2, 0.25) is 0 Å². The van der Waals surface area contributed by atoms with Crippen molar-refractivity contribution in [2.75, 3.05) is 33.9 Å². The zero-order valence-corrected chi connectivity index (χ0v) is 19.7. The zero-order valence-electron chi connectivity index (χ0n) is 19.7. The molecule has 0 radical (unpaired) electrons. The Morgan fingerprint density at radius 3 is 2.50 bits per heavy atom. The van der Waals surface area contributed by atoms with Crippen molar-refractivity contribution >= 4 is 6.09 Å². The van der Waals surface area contributed by atoms with Crippen molar-refractivity contribution < 1.29 is 24.1 Å². The first kappa shape index (κ1) is 23.9. The number of hydrogen-bond donors (Lipinski definition) is 1. The number of carbonyl (C=O) groups excluding carboxylic acids is 1. The Hall–Kier alpha value is -2.73. The molecule has 0 saturated carbocycles. The van der Waals surface area contributed by atoms with Crippen LogP contribution in [0.25, 0.3) is 0 Å². The van der Waals surface area contributed by atoms with E-state index < -0.39 is 11.5 Å². The van der Waals surface area contributed by atoms with Crippen molar-refractivity contribution in [1.82, 2.24) is 4.90 Å². The van der Waals surface area contributed by atoms with E-state index in [-0.39, 0.29) is 12.0 Å². The molecule has 1 N–H and O–H groups in total. The average Bonchev–Trinajstić information content (AvgIpc) is 3.18. The van der Waals surface area contributed by atoms with E-state index in [1.807, 2.05) is 31.2 Å². The van der Waals surface area contributed by atoms with Crippen LogP contribution in [0.1, 0.15) is 50.2 Å². The number of rotatable bonds is 8. The van der Waals surface area contributed by atoms with Gasteiger partial charge in [-0.05, 0) is 42.5 Å². The fourth-order valence-corrected chi connectivity index (χ4v) is 4.51. The van der Waals surface area contributed by atoms with Gasteiger partial charge in [-0.2, -0.15) is 0 Å². The highest BCUT2D eigenvalue weighted by Crippen LogP contribution is 2.47. The Bertz CT molecular complexity index is 900. The lowest BCUT2D eigenvalue weighted by Crippen LogP contribution is -2.38. The first-order valence-electron chi connectivity index (χ1n) is 11.2. The molecular weight excluding hydrogens is 406 g/mol. The Labute approximate surface area is 191 Å². The van der Waals surface area contributed by atoms with Gasteiger partial charge in [-0.25, -0.2) is 4.79 Å². The Morgan fingerprint density at radius 1 is 1.16 bits per heavy atom. The van der Waals surface area contributed by atoms with E-state index in [0.717, 1.165) is 12.0 Å². The fraction of sp³-hybridized carbons (Fsp3) is 0.500. The van der Waals surface area contributed by atoms with Gasteiger partial charge in [0.1, 0.15) is 0 Å². The Morgan fingerprint density at radius 2 is 1.88 bits per heavy atom. The molecule has 1 heterocycles. The van der Waals surface area contributed by atoms with Crippen LogP contribution in [0.4, 0.5) is 4.79 Å². The minimum Gasteiger partial charge on any atom is -0.493 e. The van der Waals surface area contributed by atoms with Crippen molar-refractivity contribution in [1.29, 1.82) is 0 Å².